The van der Waals surface area contributed by atoms with Gasteiger partial charge in [0.1, 0.15) is 5.01 Å². The number of carbonyl (C=O) groups excluding carboxylic acids is 2. The number of aliphatic imine (C=N–C) groups is 1. The molecule has 0 radical (unpaired) electrons. The van der Waals surface area contributed by atoms with Crippen LogP contribution in [-0.2, 0) is 9.59 Å². The molecule has 2 aliphatic heterocycles. The molecule has 1 aromatic heterocycles. The van der Waals surface area contributed by atoms with E-state index in [4.69, 9.17) is 0 Å². The van der Waals surface area contributed by atoms with Gasteiger partial charge in [-0.05, 0) is 36.9 Å². The molecule has 0 N–H and O–H groups in total. The van der Waals surface area contributed by atoms with Gasteiger partial charge in [-0.2, -0.15) is 4.99 Å². The summed E-state index contributed by atoms with van der Waals surface area (Å²) >= 11 is 2.53. The van der Waals surface area contributed by atoms with E-state index in [1.165, 1.54) is 28.0 Å². The molecule has 5 rings (SSSR count). The van der Waals surface area contributed by atoms with Crippen LogP contribution in [0.15, 0.2) is 64.5 Å². The number of para-hydroxylation sites is 2. The van der Waals surface area contributed by atoms with E-state index in [1.807, 2.05) is 61.5 Å². The van der Waals surface area contributed by atoms with Crippen molar-refractivity contribution in [1.82, 2.24) is 10.2 Å². The Hall–Kier alpha value is -3.30. The molecule has 2 aliphatic rings. The van der Waals surface area contributed by atoms with E-state index in [1.54, 1.807) is 11.9 Å². The average Bonchev–Trinajstić information content (AvgIpc) is 3.38. The van der Waals surface area contributed by atoms with Gasteiger partial charge in [0.05, 0.1) is 21.9 Å². The Morgan fingerprint density at radius 3 is 2.40 bits per heavy atom. The van der Waals surface area contributed by atoms with E-state index in [2.05, 4.69) is 15.2 Å². The Bertz CT molecular complexity index is 1250. The first-order valence-corrected chi connectivity index (χ1v) is 10.8. The summed E-state index contributed by atoms with van der Waals surface area (Å²) in [5.41, 5.74) is 2.62. The van der Waals surface area contributed by atoms with Crippen LogP contribution in [0.4, 0.5) is 16.5 Å². The average molecular weight is 434 g/mol. The monoisotopic (exact) mass is 433 g/mol. The number of aryl methyl sites for hydroxylation is 1. The molecule has 0 atom stereocenters. The Kier molecular flexibility index (Phi) is 4.48. The molecule has 2 aromatic carbocycles. The lowest BCUT2D eigenvalue weighted by Crippen LogP contribution is -2.29. The highest BCUT2D eigenvalue weighted by atomic mass is 32.2. The van der Waals surface area contributed by atoms with Gasteiger partial charge in [-0.1, -0.05) is 47.7 Å². The molecular formula is C21H15N5O2S2. The summed E-state index contributed by atoms with van der Waals surface area (Å²) in [5, 5.41) is 9.76. The van der Waals surface area contributed by atoms with Gasteiger partial charge in [0.15, 0.2) is 5.17 Å². The minimum absolute atomic E-state index is 0.201. The third kappa shape index (κ3) is 2.94. The topological polar surface area (TPSA) is 78.8 Å². The second-order valence-electron chi connectivity index (χ2n) is 6.66. The van der Waals surface area contributed by atoms with E-state index < -0.39 is 0 Å². The largest absolute Gasteiger partial charge is 0.311 e. The van der Waals surface area contributed by atoms with E-state index >= 15 is 0 Å². The van der Waals surface area contributed by atoms with Crippen molar-refractivity contribution in [1.29, 1.82) is 0 Å². The van der Waals surface area contributed by atoms with Crippen molar-refractivity contribution in [2.75, 3.05) is 16.8 Å². The van der Waals surface area contributed by atoms with Gasteiger partial charge in [0, 0.05) is 12.6 Å². The second kappa shape index (κ2) is 7.19. The third-order valence-electron chi connectivity index (χ3n) is 4.78. The lowest BCUT2D eigenvalue weighted by molar-refractivity contribution is -0.115. The van der Waals surface area contributed by atoms with E-state index in [0.717, 1.165) is 16.3 Å². The van der Waals surface area contributed by atoms with Crippen LogP contribution in [-0.4, -0.2) is 34.2 Å². The number of benzene rings is 2. The van der Waals surface area contributed by atoms with Gasteiger partial charge >= 0.3 is 0 Å². The van der Waals surface area contributed by atoms with Crippen molar-refractivity contribution >= 4 is 62.2 Å². The highest BCUT2D eigenvalue weighted by Crippen LogP contribution is 2.45. The maximum Gasteiger partial charge on any atom is 0.272 e. The maximum atomic E-state index is 13.5. The van der Waals surface area contributed by atoms with Crippen LogP contribution in [0.2, 0.25) is 0 Å². The fourth-order valence-corrected chi connectivity index (χ4v) is 5.10. The van der Waals surface area contributed by atoms with Crippen LogP contribution in [0.3, 0.4) is 0 Å². The number of thioether (sulfide) groups is 1. The first kappa shape index (κ1) is 18.7. The first-order valence-electron chi connectivity index (χ1n) is 9.12. The molecule has 0 spiro atoms. The van der Waals surface area contributed by atoms with Crippen molar-refractivity contribution in [3.05, 3.63) is 70.1 Å². The number of nitrogens with zero attached hydrogens (tertiary/aromatic N) is 5. The number of amides is 2. The highest BCUT2D eigenvalue weighted by Gasteiger charge is 2.42. The number of fused-ring (bicyclic) bond motifs is 1. The van der Waals surface area contributed by atoms with Gasteiger partial charge in [-0.3, -0.25) is 14.5 Å². The fraction of sp³-hybridized carbons (Fsp3) is 0.0952. The summed E-state index contributed by atoms with van der Waals surface area (Å²) in [5.74, 6) is -0.479. The zero-order valence-corrected chi connectivity index (χ0v) is 17.7. The molecule has 30 heavy (non-hydrogen) atoms. The number of amidine groups is 1. The van der Waals surface area contributed by atoms with Crippen molar-refractivity contribution in [2.45, 2.75) is 6.92 Å². The predicted octanol–water partition coefficient (Wildman–Crippen LogP) is 4.00. The zero-order chi connectivity index (χ0) is 20.8. The minimum Gasteiger partial charge on any atom is -0.311 e. The highest BCUT2D eigenvalue weighted by molar-refractivity contribution is 8.19. The number of hydrogen-bond acceptors (Lipinski definition) is 7. The predicted molar refractivity (Wildman–Crippen MR) is 120 cm³/mol. The fourth-order valence-electron chi connectivity index (χ4n) is 3.41. The van der Waals surface area contributed by atoms with Crippen LogP contribution in [0, 0.1) is 6.92 Å². The van der Waals surface area contributed by atoms with Crippen molar-refractivity contribution < 1.29 is 9.59 Å². The molecule has 0 bridgehead atoms. The molecule has 148 valence electrons. The summed E-state index contributed by atoms with van der Waals surface area (Å²) < 4.78 is 0. The smallest absolute Gasteiger partial charge is 0.272 e. The molecule has 7 nitrogen and oxygen atoms in total. The number of anilines is 2. The van der Waals surface area contributed by atoms with E-state index in [9.17, 15) is 9.59 Å². The van der Waals surface area contributed by atoms with Crippen molar-refractivity contribution in [2.24, 2.45) is 4.99 Å². The van der Waals surface area contributed by atoms with Gasteiger partial charge in [-0.15, -0.1) is 10.2 Å². The lowest BCUT2D eigenvalue weighted by Gasteiger charge is -2.15. The van der Waals surface area contributed by atoms with Crippen LogP contribution in [0.1, 0.15) is 10.6 Å². The zero-order valence-electron chi connectivity index (χ0n) is 16.1. The van der Waals surface area contributed by atoms with Crippen LogP contribution >= 0.6 is 23.1 Å². The molecule has 2 amide bonds. The Morgan fingerprint density at radius 2 is 1.67 bits per heavy atom. The van der Waals surface area contributed by atoms with Gasteiger partial charge in [0.2, 0.25) is 5.13 Å². The molecule has 1 saturated heterocycles. The summed E-state index contributed by atoms with van der Waals surface area (Å²) in [6, 6.07) is 16.7. The SMILES string of the molecule is Cc1nnc(/N=C2/S/C(=C3\C(=O)N(C)c4ccccc43)C(=O)N2c2ccccc2)s1. The van der Waals surface area contributed by atoms with Crippen molar-refractivity contribution in [3.8, 4) is 0 Å². The number of likely N-dealkylation sites (N-methyl/N-ethyl adjacent to an activating group) is 1. The molecule has 3 aromatic rings. The molecule has 9 heteroatoms. The van der Waals surface area contributed by atoms with Gasteiger partial charge in [0.25, 0.3) is 11.8 Å². The standard InChI is InChI=1S/C21H15N5O2S2/c1-12-23-24-20(29-12)22-21-26(13-8-4-3-5-9-13)19(28)17(30-21)16-14-10-6-7-11-15(14)25(2)18(16)27/h3-11H,1-2H3/b17-16-,22-21+. The van der Waals surface area contributed by atoms with Crippen LogP contribution in [0.5, 0.6) is 0 Å². The quantitative estimate of drug-likeness (QED) is 0.571. The molecule has 1 fully saturated rings. The number of aromatic nitrogens is 2. The summed E-state index contributed by atoms with van der Waals surface area (Å²) in [6.45, 7) is 1.85. The summed E-state index contributed by atoms with van der Waals surface area (Å²) in [6.07, 6.45) is 0. The number of rotatable bonds is 2. The van der Waals surface area contributed by atoms with Crippen LogP contribution < -0.4 is 9.80 Å². The minimum atomic E-state index is -0.278. The molecule has 0 unspecified atom stereocenters. The summed E-state index contributed by atoms with van der Waals surface area (Å²) in [7, 11) is 1.72. The summed E-state index contributed by atoms with van der Waals surface area (Å²) in [4.78, 5) is 34.6. The normalized spacial score (nSPS) is 19.9. The first-order chi connectivity index (χ1) is 14.5. The molecule has 0 aliphatic carbocycles. The molecular weight excluding hydrogens is 418 g/mol. The number of carbonyl (C=O) groups is 2. The van der Waals surface area contributed by atoms with Gasteiger partial charge < -0.3 is 4.90 Å². The maximum absolute atomic E-state index is 13.5. The third-order valence-corrected chi connectivity index (χ3v) is 6.56. The number of hydrogen-bond donors (Lipinski definition) is 0. The van der Waals surface area contributed by atoms with Crippen LogP contribution in [0.25, 0.3) is 5.57 Å². The Labute approximate surface area is 180 Å². The van der Waals surface area contributed by atoms with Crippen molar-refractivity contribution in [3.63, 3.8) is 0 Å². The molecule has 0 saturated carbocycles. The van der Waals surface area contributed by atoms with E-state index in [-0.39, 0.29) is 11.8 Å². The lowest BCUT2D eigenvalue weighted by atomic mass is 10.1. The van der Waals surface area contributed by atoms with Gasteiger partial charge in [-0.25, -0.2) is 0 Å². The molecule has 3 heterocycles. The Balaban J connectivity index is 1.69. The van der Waals surface area contributed by atoms with E-state index in [0.29, 0.717) is 26.5 Å². The second-order valence-corrected chi connectivity index (χ2v) is 8.80. The Morgan fingerprint density at radius 1 is 0.933 bits per heavy atom.